The molecular weight excluding hydrogens is 284 g/mol. The van der Waals surface area contributed by atoms with Crippen LogP contribution in [0.2, 0.25) is 5.02 Å². The lowest BCUT2D eigenvalue weighted by Gasteiger charge is -2.28. The number of aliphatic hydroxyl groups is 3. The van der Waals surface area contributed by atoms with Crippen molar-refractivity contribution in [2.75, 3.05) is 19.8 Å². The van der Waals surface area contributed by atoms with Gasteiger partial charge in [0.1, 0.15) is 17.2 Å². The fourth-order valence-electron chi connectivity index (χ4n) is 1.27. The van der Waals surface area contributed by atoms with Crippen LogP contribution < -0.4 is 5.32 Å². The van der Waals surface area contributed by atoms with E-state index in [-0.39, 0.29) is 0 Å². The highest BCUT2D eigenvalue weighted by Crippen LogP contribution is 2.19. The molecule has 0 saturated heterocycles. The Hall–Kier alpha value is -1.28. The maximum absolute atomic E-state index is 13.5. The summed E-state index contributed by atoms with van der Waals surface area (Å²) in [5.74, 6) is -3.15. The second kappa shape index (κ2) is 6.25. The molecule has 8 heteroatoms. The molecular formula is C11H12ClF2NO4. The Balaban J connectivity index is 3.04. The van der Waals surface area contributed by atoms with Gasteiger partial charge in [-0.25, -0.2) is 8.78 Å². The number of rotatable bonds is 5. The van der Waals surface area contributed by atoms with Crippen molar-refractivity contribution in [1.82, 2.24) is 5.32 Å². The highest BCUT2D eigenvalue weighted by molar-refractivity contribution is 6.30. The third kappa shape index (κ3) is 3.38. The Kier molecular flexibility index (Phi) is 5.19. The zero-order valence-corrected chi connectivity index (χ0v) is 10.4. The summed E-state index contributed by atoms with van der Waals surface area (Å²) in [5, 5.41) is 28.6. The minimum atomic E-state index is -1.72. The van der Waals surface area contributed by atoms with Crippen molar-refractivity contribution in [3.8, 4) is 0 Å². The second-order valence-electron chi connectivity index (χ2n) is 3.95. The second-order valence-corrected chi connectivity index (χ2v) is 4.36. The molecule has 0 radical (unpaired) electrons. The first-order valence-corrected chi connectivity index (χ1v) is 5.56. The molecule has 1 rings (SSSR count). The number of hydrogen-bond donors (Lipinski definition) is 4. The molecule has 0 aromatic heterocycles. The number of halogens is 3. The summed E-state index contributed by atoms with van der Waals surface area (Å²) in [6.45, 7) is -2.32. The molecule has 4 N–H and O–H groups in total. The van der Waals surface area contributed by atoms with Crippen molar-refractivity contribution in [2.24, 2.45) is 0 Å². The maximum Gasteiger partial charge on any atom is 0.255 e. The minimum Gasteiger partial charge on any atom is -0.394 e. The van der Waals surface area contributed by atoms with Crippen LogP contribution >= 0.6 is 11.6 Å². The zero-order chi connectivity index (χ0) is 14.6. The van der Waals surface area contributed by atoms with E-state index in [0.29, 0.717) is 12.1 Å². The molecule has 0 unspecified atom stereocenters. The van der Waals surface area contributed by atoms with Gasteiger partial charge < -0.3 is 20.6 Å². The fourth-order valence-corrected chi connectivity index (χ4v) is 1.42. The van der Waals surface area contributed by atoms with Crippen molar-refractivity contribution in [2.45, 2.75) is 5.54 Å². The van der Waals surface area contributed by atoms with Gasteiger partial charge in [0.15, 0.2) is 0 Å². The molecule has 5 nitrogen and oxygen atoms in total. The Morgan fingerprint density at radius 2 is 1.68 bits per heavy atom. The molecule has 0 heterocycles. The predicted octanol–water partition coefficient (Wildman–Crippen LogP) is 0.0637. The Bertz CT molecular complexity index is 472. The summed E-state index contributed by atoms with van der Waals surface area (Å²) in [7, 11) is 0. The molecule has 1 amide bonds. The van der Waals surface area contributed by atoms with Gasteiger partial charge in [-0.15, -0.1) is 0 Å². The van der Waals surface area contributed by atoms with Gasteiger partial charge in [0.05, 0.1) is 30.4 Å². The van der Waals surface area contributed by atoms with Crippen LogP contribution in [0.5, 0.6) is 0 Å². The molecule has 0 atom stereocenters. The number of carbonyl (C=O) groups excluding carboxylic acids is 1. The van der Waals surface area contributed by atoms with Crippen LogP contribution in [0.1, 0.15) is 10.4 Å². The van der Waals surface area contributed by atoms with E-state index < -0.39 is 53.5 Å². The first kappa shape index (κ1) is 15.8. The van der Waals surface area contributed by atoms with E-state index in [4.69, 9.17) is 26.9 Å². The number of amides is 1. The quantitative estimate of drug-likeness (QED) is 0.579. The lowest BCUT2D eigenvalue weighted by molar-refractivity contribution is 0.0373. The van der Waals surface area contributed by atoms with Gasteiger partial charge in [0.2, 0.25) is 0 Å². The number of aliphatic hydroxyl groups excluding tert-OH is 3. The average Bonchev–Trinajstić information content (AvgIpc) is 2.40. The van der Waals surface area contributed by atoms with Crippen LogP contribution in [0.4, 0.5) is 8.78 Å². The molecule has 0 spiro atoms. The molecule has 0 bridgehead atoms. The van der Waals surface area contributed by atoms with Gasteiger partial charge in [-0.1, -0.05) is 11.6 Å². The van der Waals surface area contributed by atoms with Gasteiger partial charge in [0.25, 0.3) is 5.91 Å². The average molecular weight is 296 g/mol. The fraction of sp³-hybridized carbons (Fsp3) is 0.364. The van der Waals surface area contributed by atoms with E-state index in [1.165, 1.54) is 0 Å². The highest BCUT2D eigenvalue weighted by Gasteiger charge is 2.31. The van der Waals surface area contributed by atoms with Gasteiger partial charge >= 0.3 is 0 Å². The van der Waals surface area contributed by atoms with E-state index in [2.05, 4.69) is 0 Å². The van der Waals surface area contributed by atoms with Crippen LogP contribution in [-0.2, 0) is 0 Å². The summed E-state index contributed by atoms with van der Waals surface area (Å²) < 4.78 is 26.6. The Morgan fingerprint density at radius 3 is 2.16 bits per heavy atom. The van der Waals surface area contributed by atoms with Gasteiger partial charge in [-0.05, 0) is 12.1 Å². The predicted molar refractivity (Wildman–Crippen MR) is 62.8 cm³/mol. The molecule has 0 aliphatic rings. The molecule has 0 aliphatic carbocycles. The summed E-state index contributed by atoms with van der Waals surface area (Å²) in [6, 6.07) is 1.22. The number of nitrogens with one attached hydrogen (secondary N) is 1. The van der Waals surface area contributed by atoms with Crippen LogP contribution in [0.15, 0.2) is 12.1 Å². The summed E-state index contributed by atoms with van der Waals surface area (Å²) in [6.07, 6.45) is 0. The minimum absolute atomic E-state index is 0.480. The normalized spacial score (nSPS) is 11.5. The molecule has 0 fully saturated rings. The molecule has 0 saturated carbocycles. The van der Waals surface area contributed by atoms with E-state index in [1.54, 1.807) is 0 Å². The third-order valence-corrected chi connectivity index (χ3v) is 2.83. The third-order valence-electron chi connectivity index (χ3n) is 2.54. The highest BCUT2D eigenvalue weighted by atomic mass is 35.5. The summed E-state index contributed by atoms with van der Waals surface area (Å²) in [4.78, 5) is 11.7. The van der Waals surface area contributed by atoms with E-state index in [9.17, 15) is 13.6 Å². The van der Waals surface area contributed by atoms with E-state index in [0.717, 1.165) is 0 Å². The lowest BCUT2D eigenvalue weighted by atomic mass is 10.0. The number of hydrogen-bond acceptors (Lipinski definition) is 4. The molecule has 1 aromatic rings. The van der Waals surface area contributed by atoms with Crippen molar-refractivity contribution >= 4 is 17.5 Å². The van der Waals surface area contributed by atoms with Gasteiger partial charge in [-0.2, -0.15) is 0 Å². The van der Waals surface area contributed by atoms with Crippen LogP contribution in [0.3, 0.4) is 0 Å². The van der Waals surface area contributed by atoms with Gasteiger partial charge in [-0.3, -0.25) is 4.79 Å². The van der Waals surface area contributed by atoms with Crippen molar-refractivity contribution in [3.63, 3.8) is 0 Å². The number of carbonyl (C=O) groups is 1. The molecule has 19 heavy (non-hydrogen) atoms. The van der Waals surface area contributed by atoms with Gasteiger partial charge in [0, 0.05) is 0 Å². The van der Waals surface area contributed by atoms with E-state index in [1.807, 2.05) is 5.32 Å². The Labute approximate surface area is 112 Å². The Morgan fingerprint density at radius 1 is 1.16 bits per heavy atom. The largest absolute Gasteiger partial charge is 0.394 e. The monoisotopic (exact) mass is 295 g/mol. The SMILES string of the molecule is O=C(NC(CO)(CO)CO)c1cc(F)c(Cl)cc1F. The first-order valence-electron chi connectivity index (χ1n) is 5.19. The van der Waals surface area contributed by atoms with Crippen molar-refractivity contribution in [3.05, 3.63) is 34.4 Å². The topological polar surface area (TPSA) is 89.8 Å². The van der Waals surface area contributed by atoms with Crippen molar-refractivity contribution in [1.29, 1.82) is 0 Å². The molecule has 106 valence electrons. The summed E-state index contributed by atoms with van der Waals surface area (Å²) >= 11 is 5.34. The van der Waals surface area contributed by atoms with Crippen molar-refractivity contribution < 1.29 is 28.9 Å². The lowest BCUT2D eigenvalue weighted by Crippen LogP contribution is -2.57. The standard InChI is InChI=1S/C11H12ClF2NO4/c12-7-2-8(13)6(1-9(7)14)10(19)15-11(3-16,4-17)5-18/h1-2,16-18H,3-5H2,(H,15,19). The summed E-state index contributed by atoms with van der Waals surface area (Å²) in [5.41, 5.74) is -2.37. The smallest absolute Gasteiger partial charge is 0.255 e. The molecule has 0 aliphatic heterocycles. The molecule has 1 aromatic carbocycles. The number of benzene rings is 1. The van der Waals surface area contributed by atoms with E-state index >= 15 is 0 Å². The zero-order valence-electron chi connectivity index (χ0n) is 9.66. The first-order chi connectivity index (χ1) is 8.89. The van der Waals surface area contributed by atoms with Crippen LogP contribution in [-0.4, -0.2) is 46.6 Å². The van der Waals surface area contributed by atoms with Crippen LogP contribution in [0.25, 0.3) is 0 Å². The van der Waals surface area contributed by atoms with Crippen LogP contribution in [0, 0.1) is 11.6 Å². The maximum atomic E-state index is 13.5.